The van der Waals surface area contributed by atoms with Crippen molar-refractivity contribution >= 4 is 78.0 Å². The van der Waals surface area contributed by atoms with Gasteiger partial charge in [0.2, 0.25) is 11.9 Å². The molecule has 47 heavy (non-hydrogen) atoms. The lowest BCUT2D eigenvalue weighted by Gasteiger charge is -2.40. The summed E-state index contributed by atoms with van der Waals surface area (Å²) in [7, 11) is 1.88. The Hall–Kier alpha value is -4.38. The van der Waals surface area contributed by atoms with Crippen molar-refractivity contribution in [1.82, 2.24) is 34.9 Å². The second kappa shape index (κ2) is 12.7. The number of rotatable bonds is 9. The summed E-state index contributed by atoms with van der Waals surface area (Å²) >= 11 is 3.19. The highest BCUT2D eigenvalue weighted by atomic mass is 32.1. The number of nitrogens with one attached hydrogen (secondary N) is 3. The molecule has 6 heterocycles. The molecule has 2 aliphatic rings. The number of aryl methyl sites for hydroxylation is 1. The Labute approximate surface area is 277 Å². The van der Waals surface area contributed by atoms with Gasteiger partial charge in [0.25, 0.3) is 0 Å². The van der Waals surface area contributed by atoms with Gasteiger partial charge in [0.05, 0.1) is 56.8 Å². The molecule has 2 saturated carbocycles. The summed E-state index contributed by atoms with van der Waals surface area (Å²) in [6.07, 6.45) is 11.2. The summed E-state index contributed by atoms with van der Waals surface area (Å²) < 4.78 is 8.67. The lowest BCUT2D eigenvalue weighted by atomic mass is 9.87. The van der Waals surface area contributed by atoms with Gasteiger partial charge < -0.3 is 35.6 Å². The number of aromatic nitrogens is 7. The number of aliphatic hydroxyl groups excluding tert-OH is 2. The number of nitrogens with zero attached hydrogens (tertiary/aromatic N) is 8. The van der Waals surface area contributed by atoms with E-state index in [1.165, 1.54) is 6.26 Å². The van der Waals surface area contributed by atoms with Crippen molar-refractivity contribution in [1.29, 1.82) is 0 Å². The minimum atomic E-state index is -0.621. The number of fused-ring (bicyclic) bond motifs is 2. The molecule has 2 fully saturated rings. The average Bonchev–Trinajstić information content (AvgIpc) is 3.89. The first-order valence-corrected chi connectivity index (χ1v) is 17.6. The zero-order chi connectivity index (χ0) is 31.9. The van der Waals surface area contributed by atoms with Crippen LogP contribution >= 0.6 is 22.7 Å². The fourth-order valence-electron chi connectivity index (χ4n) is 6.60. The first kappa shape index (κ1) is 30.0. The van der Waals surface area contributed by atoms with E-state index in [1.54, 1.807) is 39.7 Å². The van der Waals surface area contributed by atoms with E-state index in [1.807, 2.05) is 41.0 Å². The molecule has 3 atom stereocenters. The molecule has 6 aromatic rings. The van der Waals surface area contributed by atoms with Gasteiger partial charge in [-0.1, -0.05) is 5.16 Å². The van der Waals surface area contributed by atoms with Crippen molar-refractivity contribution in [2.24, 2.45) is 7.05 Å². The van der Waals surface area contributed by atoms with Crippen molar-refractivity contribution in [2.45, 2.75) is 75.3 Å². The monoisotopic (exact) mass is 673 g/mol. The maximum absolute atomic E-state index is 11.6. The van der Waals surface area contributed by atoms with Gasteiger partial charge in [-0.15, -0.1) is 22.7 Å². The van der Waals surface area contributed by atoms with Gasteiger partial charge in [-0.3, -0.25) is 4.68 Å². The molecule has 0 amide bonds. The molecule has 0 spiro atoms. The van der Waals surface area contributed by atoms with Crippen LogP contribution in [0, 0.1) is 0 Å². The molecule has 0 saturated heterocycles. The Bertz CT molecular complexity index is 1970. The van der Waals surface area contributed by atoms with Crippen LogP contribution in [0.4, 0.5) is 34.9 Å². The van der Waals surface area contributed by atoms with Crippen LogP contribution in [0.15, 0.2) is 52.3 Å². The fraction of sp³-hybridized carbons (Fsp3) is 0.419. The van der Waals surface area contributed by atoms with E-state index < -0.39 is 6.10 Å². The van der Waals surface area contributed by atoms with Crippen molar-refractivity contribution in [3.05, 3.63) is 47.7 Å². The maximum Gasteiger partial charge on any atom is 0.232 e. The summed E-state index contributed by atoms with van der Waals surface area (Å²) in [5, 5.41) is 44.4. The van der Waals surface area contributed by atoms with E-state index in [0.717, 1.165) is 69.9 Å². The highest BCUT2D eigenvalue weighted by molar-refractivity contribution is 7.18. The molecule has 0 radical (unpaired) electrons. The number of hydrogen-bond acceptors (Lipinski definition) is 15. The second-order valence-corrected chi connectivity index (χ2v) is 14.1. The number of hydrogen-bond donors (Lipinski definition) is 5. The molecule has 6 aromatic heterocycles. The second-order valence-electron chi connectivity index (χ2n) is 12.3. The van der Waals surface area contributed by atoms with Gasteiger partial charge in [0.15, 0.2) is 0 Å². The van der Waals surface area contributed by atoms with Crippen LogP contribution in [0.3, 0.4) is 0 Å². The Balaban J connectivity index is 1.11. The van der Waals surface area contributed by atoms with Crippen LogP contribution in [0.5, 0.6) is 0 Å². The maximum atomic E-state index is 11.6. The number of anilines is 6. The molecule has 244 valence electrons. The van der Waals surface area contributed by atoms with Crippen molar-refractivity contribution in [3.8, 4) is 0 Å². The quantitative estimate of drug-likeness (QED) is 0.132. The Morgan fingerprint density at radius 3 is 2.32 bits per heavy atom. The van der Waals surface area contributed by atoms with Gasteiger partial charge in [-0.2, -0.15) is 15.1 Å². The van der Waals surface area contributed by atoms with Gasteiger partial charge in [0, 0.05) is 25.3 Å². The smallest absolute Gasteiger partial charge is 0.232 e. The van der Waals surface area contributed by atoms with E-state index >= 15 is 0 Å². The van der Waals surface area contributed by atoms with Crippen LogP contribution in [0.1, 0.15) is 44.9 Å². The van der Waals surface area contributed by atoms with E-state index in [4.69, 9.17) is 19.5 Å². The Kier molecular flexibility index (Phi) is 8.08. The van der Waals surface area contributed by atoms with Gasteiger partial charge >= 0.3 is 0 Å². The topological polar surface area (TPSA) is 175 Å². The first-order valence-electron chi connectivity index (χ1n) is 15.8. The normalized spacial score (nSPS) is 23.3. The van der Waals surface area contributed by atoms with Crippen LogP contribution in [-0.4, -0.2) is 75.4 Å². The zero-order valence-corrected chi connectivity index (χ0v) is 27.3. The highest BCUT2D eigenvalue weighted by Gasteiger charge is 2.37. The summed E-state index contributed by atoms with van der Waals surface area (Å²) in [5.74, 6) is 2.46. The number of thiophene rings is 2. The van der Waals surface area contributed by atoms with Crippen LogP contribution in [-0.2, 0) is 7.05 Å². The minimum absolute atomic E-state index is 0.00218. The van der Waals surface area contributed by atoms with Gasteiger partial charge in [-0.25, -0.2) is 9.97 Å². The fourth-order valence-corrected chi connectivity index (χ4v) is 8.17. The van der Waals surface area contributed by atoms with Crippen LogP contribution < -0.4 is 20.9 Å². The standard InChI is InChI=1S/C31H35N11O3S2/c1-41-15-20(14-32-41)42(31-38-23-9-11-47-27(23)29(40-31)34-17-2-5-21(43)6-3-17)24-12-18(4-7-25(24)44)35-28-26-22(8-10-46-26)37-30(39-28)36-19-13-33-45-16-19/h8-11,13-18,21,24-25,43-44H,2-7,12H2,1H3,(H,34,38,40)(H2,35,36,37,39)/t17-,18-,21-,24?,25-/m1/s1. The summed E-state index contributed by atoms with van der Waals surface area (Å²) in [6, 6.07) is 3.87. The molecule has 14 nitrogen and oxygen atoms in total. The molecule has 2 aliphatic carbocycles. The lowest BCUT2D eigenvalue weighted by molar-refractivity contribution is 0.103. The van der Waals surface area contributed by atoms with Crippen molar-refractivity contribution in [3.63, 3.8) is 0 Å². The van der Waals surface area contributed by atoms with Gasteiger partial charge in [-0.05, 0) is 67.8 Å². The third-order valence-corrected chi connectivity index (χ3v) is 10.8. The molecule has 0 aliphatic heterocycles. The zero-order valence-electron chi connectivity index (χ0n) is 25.7. The SMILES string of the molecule is Cn1cc(N(c2nc(N[C@H]3CC[C@H](O)CC3)c3sccc3n2)C2C[C@H](Nc3nc(Nc4cnoc4)nc4ccsc34)CC[C@H]2O)cn1. The lowest BCUT2D eigenvalue weighted by Crippen LogP contribution is -2.49. The molecule has 1 unspecified atom stereocenters. The Morgan fingerprint density at radius 2 is 1.60 bits per heavy atom. The first-order chi connectivity index (χ1) is 23.0. The third kappa shape index (κ3) is 6.20. The van der Waals surface area contributed by atoms with E-state index in [2.05, 4.69) is 31.2 Å². The average molecular weight is 674 g/mol. The van der Waals surface area contributed by atoms with Crippen molar-refractivity contribution in [2.75, 3.05) is 20.9 Å². The van der Waals surface area contributed by atoms with E-state index in [-0.39, 0.29) is 24.2 Å². The molecular weight excluding hydrogens is 639 g/mol. The molecule has 16 heteroatoms. The molecule has 0 bridgehead atoms. The highest BCUT2D eigenvalue weighted by Crippen LogP contribution is 2.38. The summed E-state index contributed by atoms with van der Waals surface area (Å²) in [6.45, 7) is 0. The number of aliphatic hydroxyl groups is 2. The van der Waals surface area contributed by atoms with Crippen LogP contribution in [0.2, 0.25) is 0 Å². The molecular formula is C31H35N11O3S2. The van der Waals surface area contributed by atoms with Crippen molar-refractivity contribution < 1.29 is 14.7 Å². The van der Waals surface area contributed by atoms with Gasteiger partial charge in [0.1, 0.15) is 23.6 Å². The van der Waals surface area contributed by atoms with E-state index in [9.17, 15) is 10.2 Å². The minimum Gasteiger partial charge on any atom is -0.393 e. The molecule has 0 aromatic carbocycles. The summed E-state index contributed by atoms with van der Waals surface area (Å²) in [5.41, 5.74) is 3.15. The largest absolute Gasteiger partial charge is 0.393 e. The Morgan fingerprint density at radius 1 is 0.872 bits per heavy atom. The third-order valence-electron chi connectivity index (χ3n) is 8.96. The predicted octanol–water partition coefficient (Wildman–Crippen LogP) is 5.41. The predicted molar refractivity (Wildman–Crippen MR) is 183 cm³/mol. The summed E-state index contributed by atoms with van der Waals surface area (Å²) in [4.78, 5) is 21.7. The van der Waals surface area contributed by atoms with E-state index in [0.29, 0.717) is 30.4 Å². The van der Waals surface area contributed by atoms with Crippen LogP contribution in [0.25, 0.3) is 20.4 Å². The molecule has 8 rings (SSSR count). The molecule has 5 N–H and O–H groups in total.